The molecule has 3 nitrogen and oxygen atoms in total. The fraction of sp³-hybridized carbons (Fsp3) is 0.571. The highest BCUT2D eigenvalue weighted by molar-refractivity contribution is 7.80. The Morgan fingerprint density at radius 1 is 1.50 bits per heavy atom. The van der Waals surface area contributed by atoms with Crippen molar-refractivity contribution in [2.75, 3.05) is 13.6 Å². The summed E-state index contributed by atoms with van der Waals surface area (Å²) in [6, 6.07) is 4.07. The molecule has 1 rings (SSSR count). The van der Waals surface area contributed by atoms with Gasteiger partial charge in [-0.2, -0.15) is 0 Å². The molecule has 1 aromatic rings. The summed E-state index contributed by atoms with van der Waals surface area (Å²) in [5, 5.41) is 0. The van der Waals surface area contributed by atoms with E-state index in [1.165, 1.54) is 5.56 Å². The third kappa shape index (κ3) is 5.10. The van der Waals surface area contributed by atoms with Gasteiger partial charge in [0.25, 0.3) is 0 Å². The number of thiocarbonyl (C=S) groups is 1. The van der Waals surface area contributed by atoms with Crippen molar-refractivity contribution < 1.29 is 0 Å². The molecule has 0 aromatic carbocycles. The predicted molar refractivity (Wildman–Crippen MR) is 80.4 cm³/mol. The van der Waals surface area contributed by atoms with Gasteiger partial charge in [0.1, 0.15) is 0 Å². The summed E-state index contributed by atoms with van der Waals surface area (Å²) in [5.41, 5.74) is 6.93. The molecular formula is C14H23N3S. The molecule has 0 spiro atoms. The average Bonchev–Trinajstić information content (AvgIpc) is 2.29. The van der Waals surface area contributed by atoms with Gasteiger partial charge in [-0.05, 0) is 38.1 Å². The van der Waals surface area contributed by atoms with Crippen LogP contribution in [0.4, 0.5) is 0 Å². The summed E-state index contributed by atoms with van der Waals surface area (Å²) >= 11 is 5.07. The van der Waals surface area contributed by atoms with E-state index in [9.17, 15) is 0 Å². The van der Waals surface area contributed by atoms with Crippen molar-refractivity contribution in [2.24, 2.45) is 11.1 Å². The van der Waals surface area contributed by atoms with Crippen molar-refractivity contribution in [2.45, 2.75) is 33.2 Å². The van der Waals surface area contributed by atoms with Gasteiger partial charge in [-0.15, -0.1) is 0 Å². The minimum atomic E-state index is -0.0372. The second kappa shape index (κ2) is 6.81. The number of nitrogens with two attached hydrogens (primary N) is 1. The van der Waals surface area contributed by atoms with Gasteiger partial charge >= 0.3 is 0 Å². The minimum Gasteiger partial charge on any atom is -0.393 e. The highest BCUT2D eigenvalue weighted by Gasteiger charge is 2.20. The van der Waals surface area contributed by atoms with E-state index in [4.69, 9.17) is 18.0 Å². The van der Waals surface area contributed by atoms with Crippen LogP contribution in [0.3, 0.4) is 0 Å². The summed E-state index contributed by atoms with van der Waals surface area (Å²) in [6.07, 6.45) is 5.84. The Morgan fingerprint density at radius 3 is 2.78 bits per heavy atom. The molecule has 100 valence electrons. The lowest BCUT2D eigenvalue weighted by Gasteiger charge is -2.24. The third-order valence-electron chi connectivity index (χ3n) is 3.18. The molecule has 18 heavy (non-hydrogen) atoms. The maximum atomic E-state index is 5.72. The molecule has 1 aromatic heterocycles. The van der Waals surface area contributed by atoms with E-state index in [1.54, 1.807) is 6.20 Å². The molecule has 0 atom stereocenters. The van der Waals surface area contributed by atoms with Crippen LogP contribution in [0.1, 0.15) is 32.3 Å². The van der Waals surface area contributed by atoms with Gasteiger partial charge in [-0.1, -0.05) is 32.1 Å². The van der Waals surface area contributed by atoms with Gasteiger partial charge in [0.05, 0.1) is 4.99 Å². The van der Waals surface area contributed by atoms with E-state index in [-0.39, 0.29) is 5.41 Å². The third-order valence-corrected chi connectivity index (χ3v) is 3.74. The Labute approximate surface area is 115 Å². The van der Waals surface area contributed by atoms with Gasteiger partial charge in [0, 0.05) is 24.4 Å². The average molecular weight is 265 g/mol. The van der Waals surface area contributed by atoms with Crippen LogP contribution in [0.15, 0.2) is 24.5 Å². The van der Waals surface area contributed by atoms with E-state index >= 15 is 0 Å². The molecule has 0 saturated carbocycles. The van der Waals surface area contributed by atoms with Gasteiger partial charge in [0.2, 0.25) is 0 Å². The number of hydrogen-bond acceptors (Lipinski definition) is 3. The van der Waals surface area contributed by atoms with E-state index in [2.05, 4.69) is 36.8 Å². The highest BCUT2D eigenvalue weighted by atomic mass is 32.1. The van der Waals surface area contributed by atoms with Gasteiger partial charge in [0.15, 0.2) is 0 Å². The molecule has 2 N–H and O–H groups in total. The van der Waals surface area contributed by atoms with E-state index < -0.39 is 0 Å². The van der Waals surface area contributed by atoms with E-state index in [0.29, 0.717) is 4.99 Å². The molecule has 0 aliphatic rings. The van der Waals surface area contributed by atoms with Crippen LogP contribution in [-0.4, -0.2) is 28.5 Å². The normalized spacial score (nSPS) is 11.8. The zero-order valence-corrected chi connectivity index (χ0v) is 12.3. The van der Waals surface area contributed by atoms with Crippen LogP contribution < -0.4 is 5.73 Å². The second-order valence-electron chi connectivity index (χ2n) is 5.45. The molecule has 0 saturated heterocycles. The van der Waals surface area contributed by atoms with Crippen LogP contribution in [0.5, 0.6) is 0 Å². The SMILES string of the molecule is CN(CCCC(C)(C)C(N)=S)Cc1cccnc1. The number of nitrogens with zero attached hydrogens (tertiary/aromatic N) is 2. The molecule has 0 bridgehead atoms. The van der Waals surface area contributed by atoms with Crippen LogP contribution >= 0.6 is 12.2 Å². The van der Waals surface area contributed by atoms with Crippen LogP contribution in [0.25, 0.3) is 0 Å². The second-order valence-corrected chi connectivity index (χ2v) is 5.89. The topological polar surface area (TPSA) is 42.1 Å². The molecule has 0 aliphatic carbocycles. The molecule has 0 aliphatic heterocycles. The van der Waals surface area contributed by atoms with Crippen molar-refractivity contribution in [3.05, 3.63) is 30.1 Å². The molecular weight excluding hydrogens is 242 g/mol. The Bertz CT molecular complexity index is 376. The molecule has 0 unspecified atom stereocenters. The molecule has 0 fully saturated rings. The number of rotatable bonds is 7. The zero-order chi connectivity index (χ0) is 13.6. The van der Waals surface area contributed by atoms with E-state index in [1.807, 2.05) is 12.3 Å². The quantitative estimate of drug-likeness (QED) is 0.770. The Kier molecular flexibility index (Phi) is 5.69. The number of hydrogen-bond donors (Lipinski definition) is 1. The lowest BCUT2D eigenvalue weighted by atomic mass is 9.88. The fourth-order valence-electron chi connectivity index (χ4n) is 1.80. The first-order valence-electron chi connectivity index (χ1n) is 6.29. The molecule has 0 amide bonds. The summed E-state index contributed by atoms with van der Waals surface area (Å²) in [6.45, 7) is 6.19. The number of aromatic nitrogens is 1. The minimum absolute atomic E-state index is 0.0372. The van der Waals surface area contributed by atoms with Crippen LogP contribution in [0, 0.1) is 5.41 Å². The molecule has 0 radical (unpaired) electrons. The van der Waals surface area contributed by atoms with Gasteiger partial charge in [-0.25, -0.2) is 0 Å². The maximum Gasteiger partial charge on any atom is 0.0784 e. The molecule has 4 heteroatoms. The maximum absolute atomic E-state index is 5.72. The van der Waals surface area contributed by atoms with Gasteiger partial charge in [-0.3, -0.25) is 4.98 Å². The fourth-order valence-corrected chi connectivity index (χ4v) is 1.90. The van der Waals surface area contributed by atoms with Crippen molar-refractivity contribution in [1.82, 2.24) is 9.88 Å². The largest absolute Gasteiger partial charge is 0.393 e. The first-order valence-corrected chi connectivity index (χ1v) is 6.70. The predicted octanol–water partition coefficient (Wildman–Crippen LogP) is 2.61. The first-order chi connectivity index (χ1) is 8.42. The summed E-state index contributed by atoms with van der Waals surface area (Å²) in [5.74, 6) is 0. The van der Waals surface area contributed by atoms with Gasteiger partial charge < -0.3 is 10.6 Å². The smallest absolute Gasteiger partial charge is 0.0784 e. The lowest BCUT2D eigenvalue weighted by molar-refractivity contribution is 0.301. The Morgan fingerprint density at radius 2 is 2.22 bits per heavy atom. The summed E-state index contributed by atoms with van der Waals surface area (Å²) in [4.78, 5) is 7.03. The van der Waals surface area contributed by atoms with Crippen molar-refractivity contribution in [3.63, 3.8) is 0 Å². The van der Waals surface area contributed by atoms with Crippen LogP contribution in [0.2, 0.25) is 0 Å². The highest BCUT2D eigenvalue weighted by Crippen LogP contribution is 2.22. The van der Waals surface area contributed by atoms with Crippen molar-refractivity contribution >= 4 is 17.2 Å². The monoisotopic (exact) mass is 265 g/mol. The van der Waals surface area contributed by atoms with E-state index in [0.717, 1.165) is 25.9 Å². The number of pyridine rings is 1. The Balaban J connectivity index is 2.30. The first kappa shape index (κ1) is 15.1. The summed E-state index contributed by atoms with van der Waals surface area (Å²) < 4.78 is 0. The standard InChI is InChI=1S/C14H23N3S/c1-14(2,13(15)18)7-5-9-17(3)11-12-6-4-8-16-10-12/h4,6,8,10H,5,7,9,11H2,1-3H3,(H2,15,18). The van der Waals surface area contributed by atoms with Crippen molar-refractivity contribution in [3.8, 4) is 0 Å². The van der Waals surface area contributed by atoms with Crippen molar-refractivity contribution in [1.29, 1.82) is 0 Å². The Hall–Kier alpha value is -1.00. The molecule has 1 heterocycles. The lowest BCUT2D eigenvalue weighted by Crippen LogP contribution is -2.30. The summed E-state index contributed by atoms with van der Waals surface area (Å²) in [7, 11) is 2.13. The zero-order valence-electron chi connectivity index (χ0n) is 11.5. The van der Waals surface area contributed by atoms with Crippen LogP contribution in [-0.2, 0) is 6.54 Å².